The number of carbonyl (C=O) groups excluding carboxylic acids is 3. The number of cyclic esters (lactones) is 1. The fourth-order valence-corrected chi connectivity index (χ4v) is 13.4. The number of fused-ring (bicyclic) bond motifs is 8. The number of unbranched alkanes of at least 4 members (excludes halogenated alkanes) is 4. The zero-order valence-electron chi connectivity index (χ0n) is 40.3. The van der Waals surface area contributed by atoms with Crippen molar-refractivity contribution in [2.24, 2.45) is 23.7 Å². The maximum atomic E-state index is 15.2. The van der Waals surface area contributed by atoms with Gasteiger partial charge in [-0.1, -0.05) is 52.5 Å². The Kier molecular flexibility index (Phi) is 17.2. The lowest BCUT2D eigenvalue weighted by molar-refractivity contribution is -0.314. The van der Waals surface area contributed by atoms with Crippen molar-refractivity contribution in [3.8, 4) is 0 Å². The lowest BCUT2D eigenvalue weighted by atomic mass is 9.67. The van der Waals surface area contributed by atoms with Crippen LogP contribution in [0.2, 0.25) is 0 Å². The maximum Gasteiger partial charge on any atom is 0.306 e. The van der Waals surface area contributed by atoms with Gasteiger partial charge in [-0.3, -0.25) is 14.4 Å². The Hall–Kier alpha value is -2.30. The van der Waals surface area contributed by atoms with E-state index in [1.54, 1.807) is 32.7 Å². The first-order valence-corrected chi connectivity index (χ1v) is 25.5. The van der Waals surface area contributed by atoms with Gasteiger partial charge in [-0.25, -0.2) is 4.98 Å². The summed E-state index contributed by atoms with van der Waals surface area (Å²) in [6.45, 7) is 12.3. The second kappa shape index (κ2) is 22.2. The average molecular weight is 915 g/mol. The van der Waals surface area contributed by atoms with Crippen LogP contribution in [0.3, 0.4) is 0 Å². The molecule has 3 unspecified atom stereocenters. The van der Waals surface area contributed by atoms with Crippen LogP contribution in [-0.2, 0) is 52.3 Å². The Labute approximate surface area is 386 Å². The number of likely N-dealkylation sites (N-methyl/N-ethyl adjacent to an activating group) is 1. The number of thiazole rings is 1. The summed E-state index contributed by atoms with van der Waals surface area (Å²) >= 11 is 1.73. The van der Waals surface area contributed by atoms with Gasteiger partial charge in [-0.2, -0.15) is 0 Å². The van der Waals surface area contributed by atoms with Gasteiger partial charge in [-0.15, -0.1) is 11.3 Å². The van der Waals surface area contributed by atoms with Crippen LogP contribution in [0.4, 0.5) is 0 Å². The van der Waals surface area contributed by atoms with Gasteiger partial charge in [0.1, 0.15) is 24.4 Å². The van der Waals surface area contributed by atoms with Crippen molar-refractivity contribution in [3.63, 3.8) is 0 Å². The fourth-order valence-electron chi connectivity index (χ4n) is 12.3. The van der Waals surface area contributed by atoms with Crippen molar-refractivity contribution in [2.45, 2.75) is 217 Å². The molecule has 0 radical (unpaired) electrons. The molecule has 0 bridgehead atoms. The highest BCUT2D eigenvalue weighted by Crippen LogP contribution is 2.62. The summed E-state index contributed by atoms with van der Waals surface area (Å²) in [5, 5.41) is 0.983. The van der Waals surface area contributed by atoms with E-state index in [1.165, 1.54) is 24.1 Å². The number of ether oxygens (including phenoxy) is 8. The zero-order chi connectivity index (χ0) is 45.8. The quantitative estimate of drug-likeness (QED) is 0.123. The number of hydrogen-bond donors (Lipinski definition) is 0. The summed E-state index contributed by atoms with van der Waals surface area (Å²) in [5.74, 6) is -0.669. The van der Waals surface area contributed by atoms with Gasteiger partial charge in [0.25, 0.3) is 0 Å². The molecule has 3 saturated heterocycles. The number of carbonyl (C=O) groups is 3. The maximum absolute atomic E-state index is 15.2. The van der Waals surface area contributed by atoms with E-state index in [1.807, 2.05) is 32.7 Å². The van der Waals surface area contributed by atoms with E-state index in [4.69, 9.17) is 42.9 Å². The number of aromatic nitrogens is 1. The highest BCUT2D eigenvalue weighted by atomic mass is 32.1. The topological polar surface area (TPSA) is 141 Å². The predicted molar refractivity (Wildman–Crippen MR) is 243 cm³/mol. The van der Waals surface area contributed by atoms with E-state index in [-0.39, 0.29) is 96.3 Å². The molecular weight excluding hydrogens is 837 g/mol. The number of amides is 1. The zero-order valence-corrected chi connectivity index (χ0v) is 41.1. The van der Waals surface area contributed by atoms with E-state index in [9.17, 15) is 9.59 Å². The van der Waals surface area contributed by atoms with Crippen LogP contribution in [0.1, 0.15) is 158 Å². The summed E-state index contributed by atoms with van der Waals surface area (Å²) < 4.78 is 50.5. The van der Waals surface area contributed by atoms with Gasteiger partial charge in [0.2, 0.25) is 5.91 Å². The second-order valence-corrected chi connectivity index (χ2v) is 20.9. The highest BCUT2D eigenvalue weighted by Gasteiger charge is 2.57. The molecule has 1 aromatic rings. The summed E-state index contributed by atoms with van der Waals surface area (Å²) in [6, 6.07) is -0.0276. The number of ketones is 1. The van der Waals surface area contributed by atoms with Crippen LogP contribution >= 0.6 is 11.3 Å². The minimum Gasteiger partial charge on any atom is -0.462 e. The molecule has 0 N–H and O–H groups in total. The first kappa shape index (κ1) is 49.6. The Balaban J connectivity index is 1.10. The van der Waals surface area contributed by atoms with Gasteiger partial charge < -0.3 is 42.8 Å². The van der Waals surface area contributed by atoms with Gasteiger partial charge in [0.05, 0.1) is 47.6 Å². The van der Waals surface area contributed by atoms with Crippen LogP contribution < -0.4 is 0 Å². The summed E-state index contributed by atoms with van der Waals surface area (Å²) in [7, 11) is 6.87. The molecule has 360 valence electrons. The fraction of sp³-hybridized carbons (Fsp3) is 0.840. The second-order valence-electron chi connectivity index (χ2n) is 19.7. The first-order valence-electron chi connectivity index (χ1n) is 24.7. The molecule has 14 heteroatoms. The van der Waals surface area contributed by atoms with Crippen LogP contribution in [0.25, 0.3) is 0 Å². The van der Waals surface area contributed by atoms with Crippen molar-refractivity contribution >= 4 is 29.0 Å². The lowest BCUT2D eigenvalue weighted by Crippen LogP contribution is -2.59. The number of methoxy groups -OCH3 is 3. The summed E-state index contributed by atoms with van der Waals surface area (Å²) in [6.07, 6.45) is 10.7. The normalized spacial score (nSPS) is 39.1. The molecule has 6 aliphatic rings. The number of esters is 1. The molecule has 4 fully saturated rings. The van der Waals surface area contributed by atoms with Crippen LogP contribution in [0.5, 0.6) is 0 Å². The standard InChI is InChI=1S/C50H78N2O11S/c1-11-13-14-15-16-20-40(53)52(7)38-21-22-42(59-28(38)4)63-39-19-17-18-31(12-2)61-41(54)26-35-36(45(55)27(39)3)25-34-33-23-32(24-37(33)49-44(43(34)35)51-30(6)64-49)62-50-48(58-10)47(57-9)46(56-8)29(5)60-50/h25,27-29,31-35,37-39,42-43,46-48,50H,11-24,26H2,1-10H3/t27-,28?,29?,31+,32+,33+,34+,35-,37-,38+,39+,42+,43-,46+,47-,48?,50+/m1/s1. The third kappa shape index (κ3) is 10.5. The van der Waals surface area contributed by atoms with E-state index in [0.29, 0.717) is 37.7 Å². The van der Waals surface area contributed by atoms with Crippen molar-refractivity contribution in [1.82, 2.24) is 9.88 Å². The van der Waals surface area contributed by atoms with Crippen LogP contribution in [0.15, 0.2) is 11.6 Å². The third-order valence-corrected chi connectivity index (χ3v) is 16.8. The molecule has 13 nitrogen and oxygen atoms in total. The summed E-state index contributed by atoms with van der Waals surface area (Å²) in [5.41, 5.74) is 1.72. The number of nitrogens with zero attached hydrogens (tertiary/aromatic N) is 2. The van der Waals surface area contributed by atoms with Gasteiger partial charge in [-0.05, 0) is 89.5 Å². The molecule has 1 aromatic heterocycles. The molecule has 1 amide bonds. The molecule has 1 saturated carbocycles. The Morgan fingerprint density at radius 1 is 0.875 bits per heavy atom. The smallest absolute Gasteiger partial charge is 0.306 e. The SMILES string of the molecule is CCCCCCCC(=O)N(C)[C@H]1CC[C@H](O[C@H]2CCC[C@H](CC)OC(=O)C[C@@H]3C(=C[C@H]4[C@@H]5C[C@H](O[C@@H]6OC(C)[C@H](OC)[C@@H](OC)C6OC)C[C@H]5c5sc(C)nc5[C@H]43)C(=O)[C@@H]2C)OC1C. The molecule has 3 aliphatic heterocycles. The third-order valence-electron chi connectivity index (χ3n) is 15.7. The minimum atomic E-state index is -0.645. The predicted octanol–water partition coefficient (Wildman–Crippen LogP) is 8.59. The van der Waals surface area contributed by atoms with Crippen molar-refractivity contribution < 1.29 is 52.3 Å². The van der Waals surface area contributed by atoms with Crippen molar-refractivity contribution in [1.29, 1.82) is 0 Å². The largest absolute Gasteiger partial charge is 0.462 e. The van der Waals surface area contributed by atoms with E-state index >= 15 is 4.79 Å². The van der Waals surface area contributed by atoms with E-state index in [0.717, 1.165) is 49.2 Å². The van der Waals surface area contributed by atoms with Crippen molar-refractivity contribution in [2.75, 3.05) is 28.4 Å². The summed E-state index contributed by atoms with van der Waals surface area (Å²) in [4.78, 5) is 50.6. The first-order chi connectivity index (χ1) is 30.8. The van der Waals surface area contributed by atoms with Gasteiger partial charge in [0.15, 0.2) is 18.4 Å². The monoisotopic (exact) mass is 915 g/mol. The molecule has 0 aromatic carbocycles. The van der Waals surface area contributed by atoms with Gasteiger partial charge in [0, 0.05) is 69.8 Å². The molecule has 17 atom stereocenters. The van der Waals surface area contributed by atoms with Gasteiger partial charge >= 0.3 is 5.97 Å². The van der Waals surface area contributed by atoms with E-state index < -0.39 is 30.7 Å². The van der Waals surface area contributed by atoms with E-state index in [2.05, 4.69) is 26.8 Å². The number of allylic oxidation sites excluding steroid dienone is 2. The Morgan fingerprint density at radius 3 is 2.33 bits per heavy atom. The molecule has 7 rings (SSSR count). The molecule has 64 heavy (non-hydrogen) atoms. The average Bonchev–Trinajstić information content (AvgIpc) is 3.98. The van der Waals surface area contributed by atoms with Crippen LogP contribution in [-0.4, -0.2) is 123 Å². The Morgan fingerprint density at radius 2 is 1.62 bits per heavy atom. The number of rotatable bonds is 15. The highest BCUT2D eigenvalue weighted by molar-refractivity contribution is 7.11. The molecule has 3 aliphatic carbocycles. The molecular formula is C50H78N2O11S. The Bertz CT molecular complexity index is 1770. The lowest BCUT2D eigenvalue weighted by Gasteiger charge is -2.44. The van der Waals surface area contributed by atoms with Crippen LogP contribution in [0, 0.1) is 30.6 Å². The number of hydrogen-bond acceptors (Lipinski definition) is 13. The molecule has 4 heterocycles. The molecule has 0 spiro atoms. The number of Topliss-reactive ketones (excluding diaryl/α,β-unsaturated/α-hetero) is 1. The van der Waals surface area contributed by atoms with Crippen molar-refractivity contribution in [3.05, 3.63) is 27.2 Å². The number of aryl methyl sites for hydroxylation is 1. The minimum absolute atomic E-state index is 0.00691.